The van der Waals surface area contributed by atoms with E-state index in [0.717, 1.165) is 16.9 Å². The van der Waals surface area contributed by atoms with E-state index in [0.29, 0.717) is 12.2 Å². The molecule has 3 aromatic rings. The number of aromatic nitrogens is 4. The molecule has 0 amide bonds. The summed E-state index contributed by atoms with van der Waals surface area (Å²) in [6.45, 7) is 2.64. The van der Waals surface area contributed by atoms with Crippen LogP contribution in [-0.2, 0) is 6.54 Å². The van der Waals surface area contributed by atoms with E-state index in [1.54, 1.807) is 6.33 Å². The van der Waals surface area contributed by atoms with Crippen molar-refractivity contribution in [3.63, 3.8) is 0 Å². The molecule has 0 aliphatic heterocycles. The molecule has 1 aromatic carbocycles. The van der Waals surface area contributed by atoms with Gasteiger partial charge in [-0.1, -0.05) is 24.3 Å². The van der Waals surface area contributed by atoms with E-state index in [4.69, 9.17) is 5.73 Å². The van der Waals surface area contributed by atoms with Gasteiger partial charge in [-0.05, 0) is 18.1 Å². The van der Waals surface area contributed by atoms with Crippen molar-refractivity contribution in [2.45, 2.75) is 19.5 Å². The molecule has 6 nitrogen and oxygen atoms in total. The summed E-state index contributed by atoms with van der Waals surface area (Å²) < 4.78 is 0. The third-order valence-electron chi connectivity index (χ3n) is 3.29. The van der Waals surface area contributed by atoms with Gasteiger partial charge in [0.1, 0.15) is 11.8 Å². The Kier molecular flexibility index (Phi) is 3.30. The molecule has 0 aliphatic carbocycles. The minimum absolute atomic E-state index is 0.128. The number of anilines is 1. The summed E-state index contributed by atoms with van der Waals surface area (Å²) in [5.41, 5.74) is 9.38. The van der Waals surface area contributed by atoms with Crippen LogP contribution in [0.2, 0.25) is 0 Å². The molecule has 3 rings (SSSR count). The Hall–Kier alpha value is -2.47. The maximum atomic E-state index is 5.61. The molecule has 102 valence electrons. The number of fused-ring (bicyclic) bond motifs is 1. The average molecular weight is 268 g/mol. The maximum absolute atomic E-state index is 5.61. The van der Waals surface area contributed by atoms with Gasteiger partial charge in [-0.15, -0.1) is 0 Å². The molecule has 0 spiro atoms. The Labute approximate surface area is 116 Å². The number of benzene rings is 1. The van der Waals surface area contributed by atoms with Crippen molar-refractivity contribution in [3.05, 3.63) is 48.0 Å². The molecule has 0 aliphatic rings. The number of hydrogen-bond donors (Lipinski definition) is 3. The van der Waals surface area contributed by atoms with Crippen LogP contribution in [0.4, 0.5) is 5.82 Å². The first kappa shape index (κ1) is 12.6. The number of H-pyrrole nitrogens is 1. The molecule has 1 atom stereocenters. The monoisotopic (exact) mass is 268 g/mol. The molecule has 2 aromatic heterocycles. The summed E-state index contributed by atoms with van der Waals surface area (Å²) >= 11 is 0. The quantitative estimate of drug-likeness (QED) is 0.673. The normalized spacial score (nSPS) is 12.5. The van der Waals surface area contributed by atoms with Crippen molar-refractivity contribution >= 4 is 17.0 Å². The number of rotatable bonds is 4. The lowest BCUT2D eigenvalue weighted by Gasteiger charge is -2.15. The highest BCUT2D eigenvalue weighted by molar-refractivity contribution is 5.82. The summed E-state index contributed by atoms with van der Waals surface area (Å²) in [5.74, 6) is 0.753. The molecular weight excluding hydrogens is 252 g/mol. The van der Waals surface area contributed by atoms with E-state index in [9.17, 15) is 0 Å². The van der Waals surface area contributed by atoms with Gasteiger partial charge < -0.3 is 16.0 Å². The molecular formula is C14H16N6. The highest BCUT2D eigenvalue weighted by Gasteiger charge is 2.10. The number of hydrogen-bond acceptors (Lipinski definition) is 5. The summed E-state index contributed by atoms with van der Waals surface area (Å²) in [5, 5.41) is 3.37. The standard InChI is InChI=1S/C14H16N6/c1-9(11-4-2-10(6-15)3-5-11)20-14-12-13(17-7-16-12)18-8-19-14/h2-5,7-9H,6,15H2,1H3,(H2,16,17,18,19,20). The zero-order valence-electron chi connectivity index (χ0n) is 11.2. The predicted molar refractivity (Wildman–Crippen MR) is 78.1 cm³/mol. The van der Waals surface area contributed by atoms with Gasteiger partial charge in [-0.25, -0.2) is 15.0 Å². The lowest BCUT2D eigenvalue weighted by atomic mass is 10.1. The average Bonchev–Trinajstić information content (AvgIpc) is 2.97. The molecule has 1 unspecified atom stereocenters. The van der Waals surface area contributed by atoms with Crippen molar-refractivity contribution < 1.29 is 0 Å². The van der Waals surface area contributed by atoms with Crippen LogP contribution in [-0.4, -0.2) is 19.9 Å². The first-order chi connectivity index (χ1) is 9.78. The fraction of sp³-hybridized carbons (Fsp3) is 0.214. The summed E-state index contributed by atoms with van der Waals surface area (Å²) in [7, 11) is 0. The van der Waals surface area contributed by atoms with Crippen LogP contribution in [0.25, 0.3) is 11.2 Å². The van der Waals surface area contributed by atoms with Crippen LogP contribution in [0, 0.1) is 0 Å². The van der Waals surface area contributed by atoms with Crippen molar-refractivity contribution in [1.29, 1.82) is 0 Å². The first-order valence-electron chi connectivity index (χ1n) is 6.47. The Morgan fingerprint density at radius 1 is 1.20 bits per heavy atom. The number of nitrogens with zero attached hydrogens (tertiary/aromatic N) is 3. The minimum Gasteiger partial charge on any atom is -0.362 e. The van der Waals surface area contributed by atoms with Gasteiger partial charge in [0.15, 0.2) is 11.5 Å². The van der Waals surface area contributed by atoms with Crippen molar-refractivity contribution in [3.8, 4) is 0 Å². The second-order valence-electron chi connectivity index (χ2n) is 4.64. The van der Waals surface area contributed by atoms with Gasteiger partial charge in [0.25, 0.3) is 0 Å². The van der Waals surface area contributed by atoms with E-state index >= 15 is 0 Å². The third kappa shape index (κ3) is 2.33. The Bertz CT molecular complexity index is 703. The lowest BCUT2D eigenvalue weighted by molar-refractivity contribution is 0.872. The maximum Gasteiger partial charge on any atom is 0.182 e. The van der Waals surface area contributed by atoms with E-state index in [-0.39, 0.29) is 6.04 Å². The van der Waals surface area contributed by atoms with Gasteiger partial charge in [0.05, 0.1) is 12.4 Å². The number of nitrogens with one attached hydrogen (secondary N) is 2. The second kappa shape index (κ2) is 5.26. The summed E-state index contributed by atoms with van der Waals surface area (Å²) in [4.78, 5) is 15.5. The zero-order valence-corrected chi connectivity index (χ0v) is 11.2. The van der Waals surface area contributed by atoms with Crippen LogP contribution in [0.5, 0.6) is 0 Å². The molecule has 0 bridgehead atoms. The van der Waals surface area contributed by atoms with Crippen LogP contribution in [0.15, 0.2) is 36.9 Å². The van der Waals surface area contributed by atoms with Gasteiger partial charge >= 0.3 is 0 Å². The highest BCUT2D eigenvalue weighted by atomic mass is 15.1. The Morgan fingerprint density at radius 2 is 2.00 bits per heavy atom. The largest absolute Gasteiger partial charge is 0.362 e. The molecule has 6 heteroatoms. The SMILES string of the molecule is CC(Nc1ncnc2nc[nH]c12)c1ccc(CN)cc1. The smallest absolute Gasteiger partial charge is 0.182 e. The molecule has 0 saturated heterocycles. The molecule has 2 heterocycles. The van der Waals surface area contributed by atoms with Crippen molar-refractivity contribution in [2.24, 2.45) is 5.73 Å². The molecule has 4 N–H and O–H groups in total. The van der Waals surface area contributed by atoms with Gasteiger partial charge in [-0.2, -0.15) is 0 Å². The van der Waals surface area contributed by atoms with Gasteiger partial charge in [-0.3, -0.25) is 0 Å². The predicted octanol–water partition coefficient (Wildman–Crippen LogP) is 1.98. The van der Waals surface area contributed by atoms with E-state index in [2.05, 4.69) is 44.3 Å². The second-order valence-corrected chi connectivity index (χ2v) is 4.64. The van der Waals surface area contributed by atoms with Crippen molar-refractivity contribution in [2.75, 3.05) is 5.32 Å². The van der Waals surface area contributed by atoms with E-state index in [1.807, 2.05) is 12.1 Å². The summed E-state index contributed by atoms with van der Waals surface area (Å²) in [6, 6.07) is 8.36. The Morgan fingerprint density at radius 3 is 2.75 bits per heavy atom. The van der Waals surface area contributed by atoms with E-state index < -0.39 is 0 Å². The van der Waals surface area contributed by atoms with Gasteiger partial charge in [0, 0.05) is 6.54 Å². The zero-order chi connectivity index (χ0) is 13.9. The topological polar surface area (TPSA) is 92.5 Å². The van der Waals surface area contributed by atoms with Gasteiger partial charge in [0.2, 0.25) is 0 Å². The van der Waals surface area contributed by atoms with Crippen LogP contribution < -0.4 is 11.1 Å². The first-order valence-corrected chi connectivity index (χ1v) is 6.47. The molecule has 20 heavy (non-hydrogen) atoms. The molecule has 0 radical (unpaired) electrons. The fourth-order valence-corrected chi connectivity index (χ4v) is 2.11. The van der Waals surface area contributed by atoms with E-state index in [1.165, 1.54) is 11.9 Å². The number of imidazole rings is 1. The van der Waals surface area contributed by atoms with Crippen LogP contribution >= 0.6 is 0 Å². The van der Waals surface area contributed by atoms with Crippen LogP contribution in [0.3, 0.4) is 0 Å². The third-order valence-corrected chi connectivity index (χ3v) is 3.29. The fourth-order valence-electron chi connectivity index (χ4n) is 2.11. The Balaban J connectivity index is 1.84. The van der Waals surface area contributed by atoms with Crippen molar-refractivity contribution in [1.82, 2.24) is 19.9 Å². The highest BCUT2D eigenvalue weighted by Crippen LogP contribution is 2.22. The summed E-state index contributed by atoms with van der Waals surface area (Å²) in [6.07, 6.45) is 3.13. The number of aromatic amines is 1. The van der Waals surface area contributed by atoms with Crippen LogP contribution in [0.1, 0.15) is 24.1 Å². The molecule has 0 fully saturated rings. The minimum atomic E-state index is 0.128. The number of nitrogens with two attached hydrogens (primary N) is 1. The lowest BCUT2D eigenvalue weighted by Crippen LogP contribution is -2.09. The molecule has 0 saturated carbocycles.